The van der Waals surface area contributed by atoms with Gasteiger partial charge in [0.25, 0.3) is 0 Å². The van der Waals surface area contributed by atoms with Crippen LogP contribution in [0.25, 0.3) is 11.0 Å². The second-order valence-electron chi connectivity index (χ2n) is 6.54. The Morgan fingerprint density at radius 2 is 2.08 bits per heavy atom. The summed E-state index contributed by atoms with van der Waals surface area (Å²) in [4.78, 5) is 29.5. The lowest BCUT2D eigenvalue weighted by Gasteiger charge is -2.07. The largest absolute Gasteiger partial charge is 0.346 e. The Morgan fingerprint density at radius 1 is 1.23 bits per heavy atom. The van der Waals surface area contributed by atoms with E-state index in [4.69, 9.17) is 0 Å². The van der Waals surface area contributed by atoms with Gasteiger partial charge in [-0.3, -0.25) is 14.7 Å². The molecule has 0 spiro atoms. The molecule has 1 amide bonds. The van der Waals surface area contributed by atoms with Crippen molar-refractivity contribution in [1.82, 2.24) is 23.9 Å². The number of hydrogen-bond acceptors (Lipinski definition) is 4. The molecule has 8 nitrogen and oxygen atoms in total. The topological polar surface area (TPSA) is 86.7 Å². The molecule has 26 heavy (non-hydrogen) atoms. The molecular formula is C18H22N6O2. The minimum Gasteiger partial charge on any atom is -0.310 e. The number of amides is 1. The second-order valence-corrected chi connectivity index (χ2v) is 6.54. The predicted molar refractivity (Wildman–Crippen MR) is 98.1 cm³/mol. The molecule has 1 aliphatic heterocycles. The van der Waals surface area contributed by atoms with Crippen molar-refractivity contribution in [3.63, 3.8) is 0 Å². The molecule has 3 heterocycles. The molecule has 0 fully saturated rings. The molecular weight excluding hydrogens is 332 g/mol. The van der Waals surface area contributed by atoms with Crippen molar-refractivity contribution in [2.45, 2.75) is 52.2 Å². The summed E-state index contributed by atoms with van der Waals surface area (Å²) in [5, 5.41) is 7.18. The van der Waals surface area contributed by atoms with Gasteiger partial charge in [0.15, 0.2) is 0 Å². The van der Waals surface area contributed by atoms with Crippen LogP contribution >= 0.6 is 0 Å². The molecule has 0 saturated carbocycles. The zero-order valence-electron chi connectivity index (χ0n) is 14.8. The van der Waals surface area contributed by atoms with E-state index in [1.807, 2.05) is 35.8 Å². The lowest BCUT2D eigenvalue weighted by atomic mass is 10.2. The molecule has 0 unspecified atom stereocenters. The Hall–Kier alpha value is -2.90. The maximum absolute atomic E-state index is 12.5. The zero-order chi connectivity index (χ0) is 18.1. The molecule has 8 heteroatoms. The van der Waals surface area contributed by atoms with Crippen LogP contribution < -0.4 is 11.0 Å². The summed E-state index contributed by atoms with van der Waals surface area (Å²) in [5.74, 6) is 0.971. The first-order chi connectivity index (χ1) is 12.7. The monoisotopic (exact) mass is 354 g/mol. The highest BCUT2D eigenvalue weighted by Crippen LogP contribution is 2.19. The number of benzene rings is 1. The summed E-state index contributed by atoms with van der Waals surface area (Å²) in [5.41, 5.74) is 1.59. The quantitative estimate of drug-likeness (QED) is 0.774. The third-order valence-electron chi connectivity index (χ3n) is 4.80. The van der Waals surface area contributed by atoms with Crippen molar-refractivity contribution in [3.05, 3.63) is 40.6 Å². The van der Waals surface area contributed by atoms with Crippen LogP contribution in [0.3, 0.4) is 0 Å². The number of para-hydroxylation sites is 2. The molecule has 1 N–H and O–H groups in total. The van der Waals surface area contributed by atoms with Gasteiger partial charge in [0.2, 0.25) is 11.9 Å². The van der Waals surface area contributed by atoms with Gasteiger partial charge in [-0.05, 0) is 31.9 Å². The summed E-state index contributed by atoms with van der Waals surface area (Å²) in [6.45, 7) is 3.27. The van der Waals surface area contributed by atoms with Gasteiger partial charge in [-0.25, -0.2) is 14.5 Å². The molecule has 1 aliphatic rings. The van der Waals surface area contributed by atoms with E-state index in [2.05, 4.69) is 15.4 Å². The number of aromatic nitrogens is 5. The molecule has 0 radical (unpaired) electrons. The third kappa shape index (κ3) is 2.91. The number of anilines is 1. The fourth-order valence-corrected chi connectivity index (χ4v) is 3.52. The fourth-order valence-electron chi connectivity index (χ4n) is 3.52. The highest BCUT2D eigenvalue weighted by molar-refractivity contribution is 5.91. The van der Waals surface area contributed by atoms with Crippen LogP contribution in [0.2, 0.25) is 0 Å². The number of rotatable bonds is 4. The maximum atomic E-state index is 12.5. The average molecular weight is 354 g/mol. The first-order valence-electron chi connectivity index (χ1n) is 9.09. The molecule has 0 bridgehead atoms. The summed E-state index contributed by atoms with van der Waals surface area (Å²) in [6.07, 6.45) is 3.90. The number of aryl methyl sites for hydroxylation is 2. The Morgan fingerprint density at radius 3 is 2.92 bits per heavy atom. The minimum atomic E-state index is -0.301. The SMILES string of the molecule is CCn1c(NC(=O)Cn2nc3n(c2=O)CCCCC3)nc2ccccc21. The lowest BCUT2D eigenvalue weighted by molar-refractivity contribution is -0.117. The molecule has 4 rings (SSSR count). The predicted octanol–water partition coefficient (Wildman–Crippen LogP) is 1.78. The van der Waals surface area contributed by atoms with Crippen molar-refractivity contribution in [2.24, 2.45) is 0 Å². The first-order valence-corrected chi connectivity index (χ1v) is 9.09. The van der Waals surface area contributed by atoms with Gasteiger partial charge in [-0.1, -0.05) is 18.6 Å². The van der Waals surface area contributed by atoms with Gasteiger partial charge in [0, 0.05) is 19.5 Å². The summed E-state index contributed by atoms with van der Waals surface area (Å²) in [6, 6.07) is 7.74. The van der Waals surface area contributed by atoms with Crippen LogP contribution in [0.5, 0.6) is 0 Å². The van der Waals surface area contributed by atoms with E-state index in [-0.39, 0.29) is 18.1 Å². The summed E-state index contributed by atoms with van der Waals surface area (Å²) < 4.78 is 4.90. The van der Waals surface area contributed by atoms with Gasteiger partial charge < -0.3 is 4.57 Å². The van der Waals surface area contributed by atoms with Crippen LogP contribution in [0.4, 0.5) is 5.95 Å². The maximum Gasteiger partial charge on any atom is 0.346 e. The summed E-state index contributed by atoms with van der Waals surface area (Å²) in [7, 11) is 0. The molecule has 1 aromatic carbocycles. The standard InChI is InChI=1S/C18H22N6O2/c1-2-22-14-9-6-5-8-13(14)19-17(22)20-16(25)12-24-18(26)23-11-7-3-4-10-15(23)21-24/h5-6,8-9H,2-4,7,10-12H2,1H3,(H,19,20,25). The average Bonchev–Trinajstić information content (AvgIpc) is 3.01. The number of hydrogen-bond donors (Lipinski definition) is 1. The van der Waals surface area contributed by atoms with Crippen LogP contribution in [0, 0.1) is 0 Å². The lowest BCUT2D eigenvalue weighted by Crippen LogP contribution is -2.30. The van der Waals surface area contributed by atoms with Crippen molar-refractivity contribution in [2.75, 3.05) is 5.32 Å². The van der Waals surface area contributed by atoms with Crippen molar-refractivity contribution in [1.29, 1.82) is 0 Å². The molecule has 0 aliphatic carbocycles. The Balaban J connectivity index is 1.56. The van der Waals surface area contributed by atoms with Crippen LogP contribution in [0.15, 0.2) is 29.1 Å². The van der Waals surface area contributed by atoms with Gasteiger partial charge in [0.1, 0.15) is 12.4 Å². The van der Waals surface area contributed by atoms with Crippen molar-refractivity contribution in [3.8, 4) is 0 Å². The van der Waals surface area contributed by atoms with Gasteiger partial charge >= 0.3 is 5.69 Å². The fraction of sp³-hybridized carbons (Fsp3) is 0.444. The highest BCUT2D eigenvalue weighted by atomic mass is 16.2. The van der Waals surface area contributed by atoms with E-state index in [1.165, 1.54) is 4.68 Å². The van der Waals surface area contributed by atoms with Crippen LogP contribution in [-0.2, 0) is 30.8 Å². The van der Waals surface area contributed by atoms with E-state index in [0.29, 0.717) is 19.0 Å². The Kier molecular flexibility index (Phi) is 4.32. The van der Waals surface area contributed by atoms with Crippen molar-refractivity contribution < 1.29 is 4.79 Å². The highest BCUT2D eigenvalue weighted by Gasteiger charge is 2.18. The first kappa shape index (κ1) is 16.6. The normalized spacial score (nSPS) is 14.2. The Bertz CT molecular complexity index is 1010. The van der Waals surface area contributed by atoms with E-state index >= 15 is 0 Å². The number of carbonyl (C=O) groups excluding carboxylic acids is 1. The number of imidazole rings is 1. The zero-order valence-corrected chi connectivity index (χ0v) is 14.8. The van der Waals surface area contributed by atoms with Gasteiger partial charge in [0.05, 0.1) is 11.0 Å². The number of nitrogens with one attached hydrogen (secondary N) is 1. The van der Waals surface area contributed by atoms with Crippen LogP contribution in [0.1, 0.15) is 32.0 Å². The van der Waals surface area contributed by atoms with Crippen molar-refractivity contribution >= 4 is 22.9 Å². The molecule has 0 atom stereocenters. The third-order valence-corrected chi connectivity index (χ3v) is 4.80. The van der Waals surface area contributed by atoms with E-state index in [0.717, 1.165) is 42.5 Å². The van der Waals surface area contributed by atoms with Gasteiger partial charge in [-0.2, -0.15) is 5.10 Å². The molecule has 0 saturated heterocycles. The second kappa shape index (κ2) is 6.78. The number of fused-ring (bicyclic) bond motifs is 2. The number of nitrogens with zero attached hydrogens (tertiary/aromatic N) is 5. The summed E-state index contributed by atoms with van der Waals surface area (Å²) >= 11 is 0. The molecule has 2 aromatic heterocycles. The van der Waals surface area contributed by atoms with E-state index in [9.17, 15) is 9.59 Å². The minimum absolute atomic E-state index is 0.105. The smallest absolute Gasteiger partial charge is 0.310 e. The van der Waals surface area contributed by atoms with E-state index < -0.39 is 0 Å². The molecule has 136 valence electrons. The Labute approximate surface area is 150 Å². The molecule has 3 aromatic rings. The van der Waals surface area contributed by atoms with Gasteiger partial charge in [-0.15, -0.1) is 0 Å². The number of carbonyl (C=O) groups is 1. The van der Waals surface area contributed by atoms with Crippen LogP contribution in [-0.4, -0.2) is 29.8 Å². The van der Waals surface area contributed by atoms with E-state index in [1.54, 1.807) is 4.57 Å².